The summed E-state index contributed by atoms with van der Waals surface area (Å²) < 4.78 is 31.8. The van der Waals surface area contributed by atoms with Crippen LogP contribution in [0.1, 0.15) is 30.6 Å². The minimum absolute atomic E-state index is 0.0777. The number of carboxylic acids is 1. The molecule has 172 valence electrons. The minimum atomic E-state index is -1.49. The van der Waals surface area contributed by atoms with Crippen molar-refractivity contribution in [3.8, 4) is 0 Å². The van der Waals surface area contributed by atoms with Gasteiger partial charge in [0.2, 0.25) is 17.9 Å². The molecule has 2 aromatic rings. The number of amides is 1. The third-order valence-electron chi connectivity index (χ3n) is 5.58. The molecule has 1 N–H and O–H groups in total. The first-order chi connectivity index (χ1) is 15.1. The standard InChI is InChI=1S/C20H22F2N4O6/c1-3-23-10-13(20(29)30)19(28)12-8-14(21)18(16(22)17(12)23)25-7-6-24(9-11(25)2)15(27)4-5-26(31)32/h8,10-11H,3-7,9H2,1-2H3,(H,29,30). The molecule has 32 heavy (non-hydrogen) atoms. The number of hydrogen-bond donors (Lipinski definition) is 1. The Kier molecular flexibility index (Phi) is 6.42. The molecule has 1 amide bonds. The Morgan fingerprint density at radius 1 is 1.31 bits per heavy atom. The van der Waals surface area contributed by atoms with Crippen LogP contribution in [0.3, 0.4) is 0 Å². The molecule has 1 aliphatic heterocycles. The number of aryl methyl sites for hydroxylation is 1. The van der Waals surface area contributed by atoms with E-state index in [2.05, 4.69) is 0 Å². The second kappa shape index (κ2) is 8.89. The highest BCUT2D eigenvalue weighted by Crippen LogP contribution is 2.32. The van der Waals surface area contributed by atoms with Gasteiger partial charge < -0.3 is 19.5 Å². The van der Waals surface area contributed by atoms with Gasteiger partial charge in [-0.1, -0.05) is 0 Å². The fourth-order valence-electron chi connectivity index (χ4n) is 4.00. The zero-order chi connectivity index (χ0) is 23.7. The van der Waals surface area contributed by atoms with Crippen LogP contribution in [0, 0.1) is 21.7 Å². The summed E-state index contributed by atoms with van der Waals surface area (Å²) in [6.45, 7) is 3.27. The van der Waals surface area contributed by atoms with Gasteiger partial charge in [0.1, 0.15) is 17.1 Å². The highest BCUT2D eigenvalue weighted by atomic mass is 19.1. The minimum Gasteiger partial charge on any atom is -0.477 e. The predicted molar refractivity (Wildman–Crippen MR) is 111 cm³/mol. The monoisotopic (exact) mass is 452 g/mol. The molecule has 0 aliphatic carbocycles. The van der Waals surface area contributed by atoms with E-state index in [0.717, 1.165) is 12.3 Å². The van der Waals surface area contributed by atoms with Gasteiger partial charge in [-0.2, -0.15) is 0 Å². The van der Waals surface area contributed by atoms with Crippen LogP contribution >= 0.6 is 0 Å². The average Bonchev–Trinajstić information content (AvgIpc) is 2.73. The van der Waals surface area contributed by atoms with E-state index in [1.807, 2.05) is 0 Å². The van der Waals surface area contributed by atoms with E-state index in [9.17, 15) is 29.6 Å². The number of piperazine rings is 1. The molecule has 0 saturated carbocycles. The second-order valence-electron chi connectivity index (χ2n) is 7.57. The Labute approximate surface area is 180 Å². The van der Waals surface area contributed by atoms with E-state index in [1.54, 1.807) is 13.8 Å². The molecule has 1 aliphatic rings. The quantitative estimate of drug-likeness (QED) is 0.522. The summed E-state index contributed by atoms with van der Waals surface area (Å²) in [6.07, 6.45) is 0.778. The number of benzene rings is 1. The molecule has 0 spiro atoms. The Bertz CT molecular complexity index is 1170. The number of anilines is 1. The lowest BCUT2D eigenvalue weighted by atomic mass is 10.1. The lowest BCUT2D eigenvalue weighted by molar-refractivity contribution is -0.478. The third kappa shape index (κ3) is 4.12. The number of aromatic nitrogens is 1. The topological polar surface area (TPSA) is 126 Å². The lowest BCUT2D eigenvalue weighted by Gasteiger charge is -2.41. The van der Waals surface area contributed by atoms with Crippen LogP contribution in [-0.2, 0) is 11.3 Å². The van der Waals surface area contributed by atoms with E-state index < -0.39 is 52.0 Å². The number of halogens is 2. The highest BCUT2D eigenvalue weighted by Gasteiger charge is 2.32. The molecule has 10 nitrogen and oxygen atoms in total. The number of carbonyl (C=O) groups excluding carboxylic acids is 1. The van der Waals surface area contributed by atoms with Gasteiger partial charge in [-0.05, 0) is 19.9 Å². The van der Waals surface area contributed by atoms with Crippen molar-refractivity contribution in [2.24, 2.45) is 0 Å². The Balaban J connectivity index is 2.00. The Morgan fingerprint density at radius 2 is 2.00 bits per heavy atom. The van der Waals surface area contributed by atoms with Crippen molar-refractivity contribution in [2.45, 2.75) is 32.9 Å². The van der Waals surface area contributed by atoms with Crippen LogP contribution in [0.25, 0.3) is 10.9 Å². The van der Waals surface area contributed by atoms with Gasteiger partial charge in [-0.3, -0.25) is 19.7 Å². The zero-order valence-electron chi connectivity index (χ0n) is 17.5. The van der Waals surface area contributed by atoms with Crippen LogP contribution < -0.4 is 10.3 Å². The van der Waals surface area contributed by atoms with Crippen LogP contribution in [0.15, 0.2) is 17.1 Å². The van der Waals surface area contributed by atoms with Crippen LogP contribution in [-0.4, -0.2) is 63.6 Å². The van der Waals surface area contributed by atoms with Crippen molar-refractivity contribution in [1.29, 1.82) is 0 Å². The molecule has 2 heterocycles. The summed E-state index contributed by atoms with van der Waals surface area (Å²) in [5.74, 6) is -3.91. The van der Waals surface area contributed by atoms with Gasteiger partial charge in [0.15, 0.2) is 5.82 Å². The molecule has 1 fully saturated rings. The first-order valence-electron chi connectivity index (χ1n) is 10.0. The van der Waals surface area contributed by atoms with Crippen molar-refractivity contribution in [3.05, 3.63) is 49.8 Å². The maximum Gasteiger partial charge on any atom is 0.341 e. The van der Waals surface area contributed by atoms with Crippen molar-refractivity contribution < 1.29 is 28.4 Å². The zero-order valence-corrected chi connectivity index (χ0v) is 17.5. The first-order valence-corrected chi connectivity index (χ1v) is 10.0. The van der Waals surface area contributed by atoms with E-state index >= 15 is 8.78 Å². The summed E-state index contributed by atoms with van der Waals surface area (Å²) in [7, 11) is 0. The SMILES string of the molecule is CCn1cc(C(=O)O)c(=O)c2cc(F)c(N3CCN(C(=O)CC[N+](=O)[O-])CC3C)c(F)c21. The Morgan fingerprint density at radius 3 is 2.56 bits per heavy atom. The normalized spacial score (nSPS) is 16.4. The van der Waals surface area contributed by atoms with Crippen molar-refractivity contribution in [3.63, 3.8) is 0 Å². The molecule has 0 radical (unpaired) electrons. The second-order valence-corrected chi connectivity index (χ2v) is 7.57. The summed E-state index contributed by atoms with van der Waals surface area (Å²) >= 11 is 0. The largest absolute Gasteiger partial charge is 0.477 e. The van der Waals surface area contributed by atoms with Crippen molar-refractivity contribution in [2.75, 3.05) is 31.1 Å². The summed E-state index contributed by atoms with van der Waals surface area (Å²) in [6, 6.07) is 0.334. The van der Waals surface area contributed by atoms with Gasteiger partial charge in [-0.25, -0.2) is 13.6 Å². The molecule has 1 aromatic heterocycles. The summed E-state index contributed by atoms with van der Waals surface area (Å²) in [5.41, 5.74) is -2.13. The maximum absolute atomic E-state index is 15.6. The maximum atomic E-state index is 15.6. The van der Waals surface area contributed by atoms with Gasteiger partial charge in [0.05, 0.1) is 17.3 Å². The number of fused-ring (bicyclic) bond motifs is 1. The molecule has 1 unspecified atom stereocenters. The highest BCUT2D eigenvalue weighted by molar-refractivity contribution is 5.94. The van der Waals surface area contributed by atoms with Gasteiger partial charge in [-0.15, -0.1) is 0 Å². The average molecular weight is 452 g/mol. The number of aromatic carboxylic acids is 1. The molecule has 1 aromatic carbocycles. The fraction of sp³-hybridized carbons (Fsp3) is 0.450. The van der Waals surface area contributed by atoms with Gasteiger partial charge in [0.25, 0.3) is 0 Å². The van der Waals surface area contributed by atoms with Crippen LogP contribution in [0.5, 0.6) is 0 Å². The number of carboxylic acid groups (broad SMARTS) is 1. The molecule has 1 atom stereocenters. The van der Waals surface area contributed by atoms with Crippen LogP contribution in [0.2, 0.25) is 0 Å². The molecular weight excluding hydrogens is 430 g/mol. The van der Waals surface area contributed by atoms with E-state index in [-0.39, 0.29) is 49.2 Å². The third-order valence-corrected chi connectivity index (χ3v) is 5.58. The van der Waals surface area contributed by atoms with Gasteiger partial charge in [0, 0.05) is 43.3 Å². The molecule has 12 heteroatoms. The van der Waals surface area contributed by atoms with E-state index in [0.29, 0.717) is 0 Å². The van der Waals surface area contributed by atoms with Crippen molar-refractivity contribution in [1.82, 2.24) is 9.47 Å². The number of nitrogens with zero attached hydrogens (tertiary/aromatic N) is 4. The first kappa shape index (κ1) is 23.1. The summed E-state index contributed by atoms with van der Waals surface area (Å²) in [5, 5.41) is 19.4. The number of carbonyl (C=O) groups is 2. The van der Waals surface area contributed by atoms with Crippen molar-refractivity contribution >= 4 is 28.5 Å². The molecular formula is C20H22F2N4O6. The Hall–Kier alpha value is -3.57. The predicted octanol–water partition coefficient (Wildman–Crippen LogP) is 1.70. The molecule has 0 bridgehead atoms. The molecule has 3 rings (SSSR count). The smallest absolute Gasteiger partial charge is 0.341 e. The number of nitro groups is 1. The summed E-state index contributed by atoms with van der Waals surface area (Å²) in [4.78, 5) is 48.8. The van der Waals surface area contributed by atoms with E-state index in [4.69, 9.17) is 0 Å². The number of hydrogen-bond acceptors (Lipinski definition) is 6. The number of pyridine rings is 1. The fourth-order valence-corrected chi connectivity index (χ4v) is 4.00. The van der Waals surface area contributed by atoms with E-state index in [1.165, 1.54) is 14.4 Å². The molecule has 1 saturated heterocycles. The lowest BCUT2D eigenvalue weighted by Crippen LogP contribution is -2.54. The van der Waals surface area contributed by atoms with Crippen LogP contribution in [0.4, 0.5) is 14.5 Å². The number of rotatable bonds is 6. The van der Waals surface area contributed by atoms with Gasteiger partial charge >= 0.3 is 5.97 Å².